The molecule has 0 aliphatic heterocycles. The molecule has 0 aromatic heterocycles. The highest BCUT2D eigenvalue weighted by Crippen LogP contribution is 2.28. The van der Waals surface area contributed by atoms with Crippen molar-refractivity contribution in [1.82, 2.24) is 0 Å². The first-order chi connectivity index (χ1) is 5.48. The number of halogens is 3. The third kappa shape index (κ3) is 5.22. The van der Waals surface area contributed by atoms with Crippen LogP contribution in [0.4, 0.5) is 13.2 Å². The topological polar surface area (TPSA) is 0 Å². The molecule has 0 bridgehead atoms. The van der Waals surface area contributed by atoms with E-state index < -0.39 is 12.1 Å². The van der Waals surface area contributed by atoms with E-state index in [1.54, 1.807) is 6.08 Å². The van der Waals surface area contributed by atoms with Gasteiger partial charge in [-0.25, -0.2) is 0 Å². The normalized spacial score (nSPS) is 15.4. The van der Waals surface area contributed by atoms with Gasteiger partial charge in [-0.2, -0.15) is 13.2 Å². The first kappa shape index (κ1) is 11.5. The van der Waals surface area contributed by atoms with E-state index in [9.17, 15) is 13.2 Å². The molecule has 0 aliphatic carbocycles. The van der Waals surface area contributed by atoms with E-state index in [1.165, 1.54) is 6.92 Å². The molecule has 0 aromatic rings. The van der Waals surface area contributed by atoms with Crippen molar-refractivity contribution < 1.29 is 13.2 Å². The molecule has 0 saturated carbocycles. The van der Waals surface area contributed by atoms with E-state index in [-0.39, 0.29) is 6.42 Å². The van der Waals surface area contributed by atoms with Gasteiger partial charge in [0.05, 0.1) is 5.92 Å². The van der Waals surface area contributed by atoms with Crippen LogP contribution < -0.4 is 0 Å². The monoisotopic (exact) mass is 180 g/mol. The van der Waals surface area contributed by atoms with Crippen molar-refractivity contribution in [3.05, 3.63) is 12.2 Å². The Morgan fingerprint density at radius 2 is 1.83 bits per heavy atom. The predicted molar refractivity (Wildman–Crippen MR) is 43.9 cm³/mol. The van der Waals surface area contributed by atoms with E-state index in [4.69, 9.17) is 0 Å². The molecular formula is C9H15F3. The Morgan fingerprint density at radius 1 is 1.25 bits per heavy atom. The maximum atomic E-state index is 11.9. The summed E-state index contributed by atoms with van der Waals surface area (Å²) in [5, 5.41) is 0. The zero-order chi connectivity index (χ0) is 9.61. The quantitative estimate of drug-likeness (QED) is 0.575. The number of unbranched alkanes of at least 4 members (excludes halogenated alkanes) is 1. The van der Waals surface area contributed by atoms with Crippen molar-refractivity contribution in [3.8, 4) is 0 Å². The number of alkyl halides is 3. The molecule has 0 spiro atoms. The minimum atomic E-state index is -4.05. The minimum absolute atomic E-state index is 0.101. The summed E-state index contributed by atoms with van der Waals surface area (Å²) in [6.07, 6.45) is 1.32. The second-order valence-electron chi connectivity index (χ2n) is 2.94. The van der Waals surface area contributed by atoms with Gasteiger partial charge in [0, 0.05) is 0 Å². The third-order valence-corrected chi connectivity index (χ3v) is 1.67. The lowest BCUT2D eigenvalue weighted by Crippen LogP contribution is -2.18. The largest absolute Gasteiger partial charge is 0.391 e. The van der Waals surface area contributed by atoms with Gasteiger partial charge in [0.2, 0.25) is 0 Å². The number of allylic oxidation sites excluding steroid dienone is 2. The summed E-state index contributed by atoms with van der Waals surface area (Å²) in [5.74, 6) is -1.22. The van der Waals surface area contributed by atoms with Crippen molar-refractivity contribution >= 4 is 0 Å². The van der Waals surface area contributed by atoms with Crippen LogP contribution in [0.25, 0.3) is 0 Å². The van der Waals surface area contributed by atoms with Crippen LogP contribution in [0.5, 0.6) is 0 Å². The fraction of sp³-hybridized carbons (Fsp3) is 0.778. The van der Waals surface area contributed by atoms with Crippen LogP contribution in [0.3, 0.4) is 0 Å². The van der Waals surface area contributed by atoms with E-state index >= 15 is 0 Å². The predicted octanol–water partition coefficient (Wildman–Crippen LogP) is 3.93. The van der Waals surface area contributed by atoms with Gasteiger partial charge in [-0.05, 0) is 12.8 Å². The molecule has 0 fully saturated rings. The summed E-state index contributed by atoms with van der Waals surface area (Å²) in [6, 6.07) is 0. The lowest BCUT2D eigenvalue weighted by atomic mass is 10.1. The standard InChI is InChI=1S/C9H15F3/c1-3-4-5-6-7-8(2)9(10,11)12/h5-6,8H,3-4,7H2,1-2H3. The molecule has 12 heavy (non-hydrogen) atoms. The summed E-state index contributed by atoms with van der Waals surface area (Å²) in [5.41, 5.74) is 0. The number of hydrogen-bond donors (Lipinski definition) is 0. The molecule has 0 saturated heterocycles. The molecule has 1 unspecified atom stereocenters. The lowest BCUT2D eigenvalue weighted by Gasteiger charge is -2.12. The van der Waals surface area contributed by atoms with Gasteiger partial charge in [-0.15, -0.1) is 0 Å². The summed E-state index contributed by atoms with van der Waals surface area (Å²) < 4.78 is 35.8. The van der Waals surface area contributed by atoms with E-state index in [2.05, 4.69) is 0 Å². The summed E-state index contributed by atoms with van der Waals surface area (Å²) >= 11 is 0. The fourth-order valence-electron chi connectivity index (χ4n) is 0.718. The summed E-state index contributed by atoms with van der Waals surface area (Å²) in [6.45, 7) is 3.20. The zero-order valence-corrected chi connectivity index (χ0v) is 7.49. The molecule has 0 heterocycles. The molecule has 72 valence electrons. The van der Waals surface area contributed by atoms with Crippen molar-refractivity contribution in [2.45, 2.75) is 39.3 Å². The molecular weight excluding hydrogens is 165 g/mol. The second-order valence-corrected chi connectivity index (χ2v) is 2.94. The lowest BCUT2D eigenvalue weighted by molar-refractivity contribution is -0.168. The van der Waals surface area contributed by atoms with Crippen LogP contribution >= 0.6 is 0 Å². The van der Waals surface area contributed by atoms with Gasteiger partial charge in [0.15, 0.2) is 0 Å². The maximum Gasteiger partial charge on any atom is 0.391 e. The molecule has 0 amide bonds. The Balaban J connectivity index is 3.64. The minimum Gasteiger partial charge on any atom is -0.171 e. The molecule has 0 nitrogen and oxygen atoms in total. The van der Waals surface area contributed by atoms with E-state index in [0.29, 0.717) is 0 Å². The Bertz CT molecular complexity index is 135. The smallest absolute Gasteiger partial charge is 0.171 e. The highest BCUT2D eigenvalue weighted by atomic mass is 19.4. The van der Waals surface area contributed by atoms with Crippen molar-refractivity contribution in [3.63, 3.8) is 0 Å². The van der Waals surface area contributed by atoms with Gasteiger partial charge in [0.25, 0.3) is 0 Å². The first-order valence-corrected chi connectivity index (χ1v) is 4.20. The fourth-order valence-corrected chi connectivity index (χ4v) is 0.718. The summed E-state index contributed by atoms with van der Waals surface area (Å²) in [7, 11) is 0. The Morgan fingerprint density at radius 3 is 2.25 bits per heavy atom. The van der Waals surface area contributed by atoms with Gasteiger partial charge >= 0.3 is 6.18 Å². The molecule has 0 rings (SSSR count). The Labute approximate surface area is 71.5 Å². The third-order valence-electron chi connectivity index (χ3n) is 1.67. The molecule has 0 aliphatic rings. The summed E-state index contributed by atoms with van der Waals surface area (Å²) in [4.78, 5) is 0. The molecule has 0 radical (unpaired) electrons. The van der Waals surface area contributed by atoms with Crippen molar-refractivity contribution in [2.24, 2.45) is 5.92 Å². The van der Waals surface area contributed by atoms with Crippen LogP contribution in [-0.2, 0) is 0 Å². The molecule has 0 N–H and O–H groups in total. The zero-order valence-electron chi connectivity index (χ0n) is 7.49. The Hall–Kier alpha value is -0.470. The second kappa shape index (κ2) is 5.22. The highest BCUT2D eigenvalue weighted by molar-refractivity contribution is 4.84. The number of hydrogen-bond acceptors (Lipinski definition) is 0. The van der Waals surface area contributed by atoms with E-state index in [1.807, 2.05) is 13.0 Å². The van der Waals surface area contributed by atoms with Gasteiger partial charge in [-0.3, -0.25) is 0 Å². The highest BCUT2D eigenvalue weighted by Gasteiger charge is 2.34. The Kier molecular flexibility index (Phi) is 5.02. The van der Waals surface area contributed by atoms with Crippen molar-refractivity contribution in [2.75, 3.05) is 0 Å². The average molecular weight is 180 g/mol. The van der Waals surface area contributed by atoms with Crippen LogP contribution in [0.1, 0.15) is 33.1 Å². The van der Waals surface area contributed by atoms with E-state index in [0.717, 1.165) is 12.8 Å². The van der Waals surface area contributed by atoms with Crippen LogP contribution in [-0.4, -0.2) is 6.18 Å². The SMILES string of the molecule is CCCC=CCC(C)C(F)(F)F. The van der Waals surface area contributed by atoms with Crippen LogP contribution in [0.2, 0.25) is 0 Å². The van der Waals surface area contributed by atoms with Crippen LogP contribution in [0, 0.1) is 5.92 Å². The van der Waals surface area contributed by atoms with Gasteiger partial charge < -0.3 is 0 Å². The van der Waals surface area contributed by atoms with Gasteiger partial charge in [-0.1, -0.05) is 32.4 Å². The average Bonchev–Trinajstić information content (AvgIpc) is 1.96. The molecule has 3 heteroatoms. The van der Waals surface area contributed by atoms with Crippen LogP contribution in [0.15, 0.2) is 12.2 Å². The first-order valence-electron chi connectivity index (χ1n) is 4.20. The maximum absolute atomic E-state index is 11.9. The molecule has 1 atom stereocenters. The number of rotatable bonds is 4. The van der Waals surface area contributed by atoms with Gasteiger partial charge in [0.1, 0.15) is 0 Å². The van der Waals surface area contributed by atoms with Crippen molar-refractivity contribution in [1.29, 1.82) is 0 Å². The molecule has 0 aromatic carbocycles.